The summed E-state index contributed by atoms with van der Waals surface area (Å²) in [4.78, 5) is 4.91. The highest BCUT2D eigenvalue weighted by Gasteiger charge is 2.30. The van der Waals surface area contributed by atoms with E-state index < -0.39 is 0 Å². The third-order valence-electron chi connectivity index (χ3n) is 2.96. The number of nitrogens with two attached hydrogens (primary N) is 1. The summed E-state index contributed by atoms with van der Waals surface area (Å²) in [7, 11) is 0. The molecule has 1 saturated carbocycles. The Bertz CT molecular complexity index is 726. The van der Waals surface area contributed by atoms with Crippen LogP contribution in [0.25, 0.3) is 15.5 Å². The Hall–Kier alpha value is -2.02. The van der Waals surface area contributed by atoms with E-state index >= 15 is 0 Å². The average molecular weight is 258 g/mol. The summed E-state index contributed by atoms with van der Waals surface area (Å²) in [6.07, 6.45) is 5.76. The van der Waals surface area contributed by atoms with Crippen molar-refractivity contribution in [2.45, 2.75) is 18.8 Å². The number of nitrogen functional groups attached to an aromatic ring is 1. The largest absolute Gasteiger partial charge is 0.397 e. The number of pyridine rings is 1. The van der Waals surface area contributed by atoms with Gasteiger partial charge in [0.15, 0.2) is 5.82 Å². The van der Waals surface area contributed by atoms with Crippen LogP contribution in [0, 0.1) is 0 Å². The first-order chi connectivity index (χ1) is 8.81. The van der Waals surface area contributed by atoms with E-state index in [9.17, 15) is 0 Å². The Balaban J connectivity index is 1.86. The standard InChI is InChI=1S/C11H10N6S/c12-8-3-7(4-13-5-8)10-16-17-9(6-1-2-6)14-15-11(17)18-10/h3-6H,1-2,12H2. The van der Waals surface area contributed by atoms with Gasteiger partial charge in [0, 0.05) is 23.9 Å². The number of aromatic nitrogens is 5. The van der Waals surface area contributed by atoms with Gasteiger partial charge in [0.25, 0.3) is 0 Å². The zero-order valence-electron chi connectivity index (χ0n) is 9.45. The Kier molecular flexibility index (Phi) is 1.93. The van der Waals surface area contributed by atoms with Gasteiger partial charge in [-0.2, -0.15) is 9.61 Å². The molecule has 0 saturated heterocycles. The van der Waals surface area contributed by atoms with Crippen molar-refractivity contribution in [3.63, 3.8) is 0 Å². The maximum atomic E-state index is 5.73. The van der Waals surface area contributed by atoms with Crippen molar-refractivity contribution >= 4 is 22.0 Å². The lowest BCUT2D eigenvalue weighted by molar-refractivity contribution is 0.828. The molecule has 1 fully saturated rings. The Labute approximate surface area is 106 Å². The topological polar surface area (TPSA) is 82.0 Å². The first-order valence-electron chi connectivity index (χ1n) is 5.74. The van der Waals surface area contributed by atoms with E-state index in [-0.39, 0.29) is 0 Å². The highest BCUT2D eigenvalue weighted by molar-refractivity contribution is 7.19. The predicted molar refractivity (Wildman–Crippen MR) is 68.3 cm³/mol. The van der Waals surface area contributed by atoms with Gasteiger partial charge in [-0.25, -0.2) is 0 Å². The quantitative estimate of drug-likeness (QED) is 0.756. The molecule has 0 aliphatic heterocycles. The molecule has 4 rings (SSSR count). The number of nitrogens with zero attached hydrogens (tertiary/aromatic N) is 5. The molecule has 3 heterocycles. The molecule has 18 heavy (non-hydrogen) atoms. The normalized spacial score (nSPS) is 15.3. The van der Waals surface area contributed by atoms with Crippen LogP contribution < -0.4 is 5.73 Å². The Morgan fingerprint density at radius 3 is 2.94 bits per heavy atom. The van der Waals surface area contributed by atoms with E-state index in [1.165, 1.54) is 24.2 Å². The molecule has 1 aliphatic carbocycles. The fraction of sp³-hybridized carbons (Fsp3) is 0.273. The lowest BCUT2D eigenvalue weighted by atomic mass is 10.3. The number of fused-ring (bicyclic) bond motifs is 1. The van der Waals surface area contributed by atoms with E-state index in [4.69, 9.17) is 5.73 Å². The van der Waals surface area contributed by atoms with Gasteiger partial charge in [-0.1, -0.05) is 11.3 Å². The monoisotopic (exact) mass is 258 g/mol. The van der Waals surface area contributed by atoms with Gasteiger partial charge in [-0.05, 0) is 18.9 Å². The van der Waals surface area contributed by atoms with Crippen LogP contribution in [0.5, 0.6) is 0 Å². The lowest BCUT2D eigenvalue weighted by Crippen LogP contribution is -1.93. The summed E-state index contributed by atoms with van der Waals surface area (Å²) >= 11 is 1.51. The summed E-state index contributed by atoms with van der Waals surface area (Å²) in [5.41, 5.74) is 7.30. The molecule has 7 heteroatoms. The SMILES string of the molecule is Nc1cncc(-c2nn3c(C4CC4)nnc3s2)c1. The molecular weight excluding hydrogens is 248 g/mol. The van der Waals surface area contributed by atoms with Crippen LogP contribution in [0.4, 0.5) is 5.69 Å². The van der Waals surface area contributed by atoms with Crippen LogP contribution in [0.1, 0.15) is 24.6 Å². The van der Waals surface area contributed by atoms with Crippen molar-refractivity contribution in [2.24, 2.45) is 0 Å². The maximum Gasteiger partial charge on any atom is 0.234 e. The first kappa shape index (κ1) is 9.95. The fourth-order valence-electron chi connectivity index (χ4n) is 1.92. The predicted octanol–water partition coefficient (Wildman–Crippen LogP) is 1.71. The minimum atomic E-state index is 0.536. The van der Waals surface area contributed by atoms with E-state index in [0.29, 0.717) is 11.6 Å². The Morgan fingerprint density at radius 1 is 1.28 bits per heavy atom. The number of hydrogen-bond acceptors (Lipinski definition) is 6. The molecule has 0 spiro atoms. The second kappa shape index (κ2) is 3.49. The summed E-state index contributed by atoms with van der Waals surface area (Å²) in [5, 5.41) is 13.8. The molecule has 3 aromatic rings. The van der Waals surface area contributed by atoms with Gasteiger partial charge in [0.05, 0.1) is 5.69 Å². The molecule has 0 bridgehead atoms. The number of hydrogen-bond donors (Lipinski definition) is 1. The van der Waals surface area contributed by atoms with E-state index in [1.807, 2.05) is 10.6 Å². The molecule has 0 amide bonds. The summed E-state index contributed by atoms with van der Waals surface area (Å²) in [6.45, 7) is 0. The van der Waals surface area contributed by atoms with Crippen LogP contribution in [0.2, 0.25) is 0 Å². The van der Waals surface area contributed by atoms with Crippen molar-refractivity contribution in [1.29, 1.82) is 0 Å². The molecule has 3 aromatic heterocycles. The third-order valence-corrected chi connectivity index (χ3v) is 3.91. The van der Waals surface area contributed by atoms with Crippen LogP contribution in [0.15, 0.2) is 18.5 Å². The molecule has 0 aromatic carbocycles. The van der Waals surface area contributed by atoms with E-state index in [2.05, 4.69) is 20.3 Å². The molecule has 2 N–H and O–H groups in total. The number of anilines is 1. The van der Waals surface area contributed by atoms with E-state index in [1.54, 1.807) is 12.4 Å². The zero-order valence-corrected chi connectivity index (χ0v) is 10.3. The van der Waals surface area contributed by atoms with Gasteiger partial charge >= 0.3 is 0 Å². The molecule has 6 nitrogen and oxygen atoms in total. The molecule has 0 atom stereocenters. The fourth-order valence-corrected chi connectivity index (χ4v) is 2.75. The zero-order chi connectivity index (χ0) is 12.1. The molecular formula is C11H10N6S. The van der Waals surface area contributed by atoms with Gasteiger partial charge < -0.3 is 5.73 Å². The summed E-state index contributed by atoms with van der Waals surface area (Å²) in [6, 6.07) is 1.87. The summed E-state index contributed by atoms with van der Waals surface area (Å²) in [5.74, 6) is 1.51. The second-order valence-corrected chi connectivity index (χ2v) is 5.40. The van der Waals surface area contributed by atoms with Crippen molar-refractivity contribution in [3.05, 3.63) is 24.3 Å². The highest BCUT2D eigenvalue weighted by atomic mass is 32.1. The first-order valence-corrected chi connectivity index (χ1v) is 6.56. The summed E-state index contributed by atoms with van der Waals surface area (Å²) < 4.78 is 1.85. The minimum Gasteiger partial charge on any atom is -0.397 e. The second-order valence-electron chi connectivity index (χ2n) is 4.44. The van der Waals surface area contributed by atoms with Crippen molar-refractivity contribution in [1.82, 2.24) is 24.8 Å². The van der Waals surface area contributed by atoms with Gasteiger partial charge in [0.2, 0.25) is 4.96 Å². The molecule has 0 unspecified atom stereocenters. The highest BCUT2D eigenvalue weighted by Crippen LogP contribution is 2.39. The third kappa shape index (κ3) is 1.47. The smallest absolute Gasteiger partial charge is 0.234 e. The van der Waals surface area contributed by atoms with Crippen molar-refractivity contribution in [2.75, 3.05) is 5.73 Å². The van der Waals surface area contributed by atoms with Crippen molar-refractivity contribution < 1.29 is 0 Å². The van der Waals surface area contributed by atoms with Crippen LogP contribution in [-0.4, -0.2) is 24.8 Å². The molecule has 0 radical (unpaired) electrons. The average Bonchev–Trinajstić information content (AvgIpc) is 2.99. The van der Waals surface area contributed by atoms with Crippen LogP contribution in [0.3, 0.4) is 0 Å². The number of rotatable bonds is 2. The van der Waals surface area contributed by atoms with Gasteiger partial charge in [-0.3, -0.25) is 4.98 Å². The van der Waals surface area contributed by atoms with Crippen LogP contribution in [-0.2, 0) is 0 Å². The Morgan fingerprint density at radius 2 is 2.17 bits per heavy atom. The molecule has 1 aliphatic rings. The van der Waals surface area contributed by atoms with Gasteiger partial charge in [0.1, 0.15) is 5.01 Å². The van der Waals surface area contributed by atoms with E-state index in [0.717, 1.165) is 21.4 Å². The van der Waals surface area contributed by atoms with Gasteiger partial charge in [-0.15, -0.1) is 10.2 Å². The molecule has 90 valence electrons. The van der Waals surface area contributed by atoms with Crippen molar-refractivity contribution in [3.8, 4) is 10.6 Å². The van der Waals surface area contributed by atoms with Crippen LogP contribution >= 0.6 is 11.3 Å². The maximum absolute atomic E-state index is 5.73. The minimum absolute atomic E-state index is 0.536. The lowest BCUT2D eigenvalue weighted by Gasteiger charge is -1.96.